The maximum atomic E-state index is 12.4. The summed E-state index contributed by atoms with van der Waals surface area (Å²) in [5, 5.41) is 19.0. The van der Waals surface area contributed by atoms with Crippen molar-refractivity contribution < 1.29 is 9.72 Å². The van der Waals surface area contributed by atoms with E-state index in [1.807, 2.05) is 13.0 Å². The molecule has 0 saturated heterocycles. The van der Waals surface area contributed by atoms with E-state index in [4.69, 9.17) is 11.6 Å². The molecule has 4 rings (SSSR count). The quantitative estimate of drug-likeness (QED) is 0.531. The minimum Gasteiger partial charge on any atom is -0.323 e. The number of aryl methyl sites for hydroxylation is 1. The van der Waals surface area contributed by atoms with Gasteiger partial charge in [-0.1, -0.05) is 11.6 Å². The normalized spacial score (nSPS) is 13.7. The molecular formula is C18H16ClN5O3. The average Bonchev–Trinajstić information content (AvgIpc) is 3.42. The highest BCUT2D eigenvalue weighted by atomic mass is 35.5. The van der Waals surface area contributed by atoms with Crippen LogP contribution in [0.1, 0.15) is 30.0 Å². The van der Waals surface area contributed by atoms with Crippen LogP contribution in [0, 0.1) is 17.0 Å². The molecule has 1 aliphatic carbocycles. The minimum absolute atomic E-state index is 0.0290. The molecule has 0 bridgehead atoms. The van der Waals surface area contributed by atoms with Gasteiger partial charge >= 0.3 is 0 Å². The van der Waals surface area contributed by atoms with E-state index in [0.717, 1.165) is 11.1 Å². The number of non-ortho nitro benzene ring substituents is 1. The Morgan fingerprint density at radius 2 is 2.19 bits per heavy atom. The molecule has 2 aromatic heterocycles. The third-order valence-electron chi connectivity index (χ3n) is 4.59. The second kappa shape index (κ2) is 6.62. The first-order chi connectivity index (χ1) is 12.9. The number of aromatic nitrogens is 3. The fourth-order valence-corrected chi connectivity index (χ4v) is 3.42. The molecule has 1 amide bonds. The maximum absolute atomic E-state index is 12.4. The van der Waals surface area contributed by atoms with Gasteiger partial charge in [0.1, 0.15) is 6.54 Å². The monoisotopic (exact) mass is 385 g/mol. The van der Waals surface area contributed by atoms with E-state index < -0.39 is 4.92 Å². The van der Waals surface area contributed by atoms with Crippen LogP contribution < -0.4 is 5.32 Å². The van der Waals surface area contributed by atoms with Crippen LogP contribution in [0.4, 0.5) is 11.4 Å². The molecule has 1 N–H and O–H groups in total. The fourth-order valence-electron chi connectivity index (χ4n) is 3.20. The molecule has 2 heterocycles. The molecule has 8 nitrogen and oxygen atoms in total. The zero-order valence-corrected chi connectivity index (χ0v) is 15.2. The number of benzene rings is 1. The number of carbonyl (C=O) groups is 1. The number of rotatable bonds is 5. The van der Waals surface area contributed by atoms with Crippen molar-refractivity contribution in [2.75, 3.05) is 5.32 Å². The Morgan fingerprint density at radius 1 is 1.41 bits per heavy atom. The van der Waals surface area contributed by atoms with Crippen LogP contribution >= 0.6 is 11.6 Å². The lowest BCUT2D eigenvalue weighted by atomic mass is 10.1. The number of anilines is 1. The molecule has 0 aliphatic heterocycles. The minimum atomic E-state index is -0.542. The van der Waals surface area contributed by atoms with Crippen LogP contribution in [-0.4, -0.2) is 25.6 Å². The van der Waals surface area contributed by atoms with Crippen LogP contribution in [-0.2, 0) is 11.3 Å². The van der Waals surface area contributed by atoms with Gasteiger partial charge in [-0.05, 0) is 43.4 Å². The van der Waals surface area contributed by atoms with Crippen LogP contribution in [0.5, 0.6) is 0 Å². The summed E-state index contributed by atoms with van der Waals surface area (Å²) in [6.07, 6.45) is 4.09. The van der Waals surface area contributed by atoms with E-state index >= 15 is 0 Å². The predicted molar refractivity (Wildman–Crippen MR) is 101 cm³/mol. The Morgan fingerprint density at radius 3 is 2.85 bits per heavy atom. The van der Waals surface area contributed by atoms with Gasteiger partial charge in [0.15, 0.2) is 5.65 Å². The summed E-state index contributed by atoms with van der Waals surface area (Å²) in [4.78, 5) is 27.1. The van der Waals surface area contributed by atoms with Crippen LogP contribution in [0.15, 0.2) is 30.5 Å². The first kappa shape index (κ1) is 17.4. The Balaban J connectivity index is 1.57. The van der Waals surface area contributed by atoms with Gasteiger partial charge in [-0.25, -0.2) is 9.67 Å². The zero-order chi connectivity index (χ0) is 19.1. The maximum Gasteiger partial charge on any atom is 0.271 e. The first-order valence-electron chi connectivity index (χ1n) is 8.50. The number of pyridine rings is 1. The Labute approximate surface area is 159 Å². The van der Waals surface area contributed by atoms with Crippen molar-refractivity contribution in [1.82, 2.24) is 14.8 Å². The van der Waals surface area contributed by atoms with Crippen molar-refractivity contribution >= 4 is 39.9 Å². The van der Waals surface area contributed by atoms with Crippen LogP contribution in [0.2, 0.25) is 5.02 Å². The lowest BCUT2D eigenvalue weighted by Crippen LogP contribution is -2.20. The van der Waals surface area contributed by atoms with Gasteiger partial charge in [0.25, 0.3) is 5.69 Å². The summed E-state index contributed by atoms with van der Waals surface area (Å²) in [5.41, 5.74) is 2.95. The first-order valence-corrected chi connectivity index (χ1v) is 8.87. The number of amides is 1. The Kier molecular flexibility index (Phi) is 4.27. The van der Waals surface area contributed by atoms with Crippen molar-refractivity contribution in [1.29, 1.82) is 0 Å². The van der Waals surface area contributed by atoms with E-state index in [0.29, 0.717) is 17.3 Å². The molecule has 27 heavy (non-hydrogen) atoms. The standard InChI is InChI=1S/C18H16ClN5O3/c1-10-17-13(11-2-3-11)6-7-20-18(17)23(22-10)9-16(25)21-15-5-4-12(24(26)27)8-14(15)19/h4-8,11H,2-3,9H2,1H3,(H,21,25). The van der Waals surface area contributed by atoms with E-state index in [1.54, 1.807) is 10.9 Å². The number of nitrogens with zero attached hydrogens (tertiary/aromatic N) is 4. The highest BCUT2D eigenvalue weighted by molar-refractivity contribution is 6.33. The van der Waals surface area contributed by atoms with Crippen molar-refractivity contribution in [2.45, 2.75) is 32.2 Å². The number of halogens is 1. The van der Waals surface area contributed by atoms with Gasteiger partial charge in [0.05, 0.1) is 21.3 Å². The second-order valence-electron chi connectivity index (χ2n) is 6.59. The number of nitrogens with one attached hydrogen (secondary N) is 1. The van der Waals surface area contributed by atoms with Gasteiger partial charge in [-0.2, -0.15) is 5.10 Å². The molecule has 9 heteroatoms. The van der Waals surface area contributed by atoms with Crippen molar-refractivity contribution in [2.24, 2.45) is 0 Å². The molecule has 1 saturated carbocycles. The van der Waals surface area contributed by atoms with Crippen molar-refractivity contribution in [3.63, 3.8) is 0 Å². The molecule has 138 valence electrons. The van der Waals surface area contributed by atoms with E-state index in [1.165, 1.54) is 36.6 Å². The number of nitro benzene ring substituents is 1. The third-order valence-corrected chi connectivity index (χ3v) is 4.90. The molecule has 3 aromatic rings. The summed E-state index contributed by atoms with van der Waals surface area (Å²) in [6, 6.07) is 5.93. The second-order valence-corrected chi connectivity index (χ2v) is 6.99. The molecule has 0 atom stereocenters. The van der Waals surface area contributed by atoms with Gasteiger partial charge in [-0.15, -0.1) is 0 Å². The smallest absolute Gasteiger partial charge is 0.271 e. The summed E-state index contributed by atoms with van der Waals surface area (Å²) < 4.78 is 1.57. The molecule has 0 radical (unpaired) electrons. The average molecular weight is 386 g/mol. The van der Waals surface area contributed by atoms with Gasteiger partial charge < -0.3 is 5.32 Å². The molecule has 1 aliphatic rings. The number of carbonyl (C=O) groups excluding carboxylic acids is 1. The van der Waals surface area contributed by atoms with Gasteiger partial charge in [0.2, 0.25) is 5.91 Å². The Hall–Kier alpha value is -3.00. The predicted octanol–water partition coefficient (Wildman–Crippen LogP) is 3.82. The van der Waals surface area contributed by atoms with Crippen LogP contribution in [0.3, 0.4) is 0 Å². The van der Waals surface area contributed by atoms with E-state index in [2.05, 4.69) is 15.4 Å². The molecule has 0 unspecified atom stereocenters. The van der Waals surface area contributed by atoms with Gasteiger partial charge in [-0.3, -0.25) is 14.9 Å². The zero-order valence-electron chi connectivity index (χ0n) is 14.5. The molecular weight excluding hydrogens is 370 g/mol. The van der Waals surface area contributed by atoms with E-state index in [9.17, 15) is 14.9 Å². The highest BCUT2D eigenvalue weighted by Gasteiger charge is 2.27. The number of nitro groups is 1. The summed E-state index contributed by atoms with van der Waals surface area (Å²) >= 11 is 6.03. The largest absolute Gasteiger partial charge is 0.323 e. The lowest BCUT2D eigenvalue weighted by molar-refractivity contribution is -0.384. The molecule has 1 fully saturated rings. The lowest BCUT2D eigenvalue weighted by Gasteiger charge is -2.08. The number of hydrogen-bond donors (Lipinski definition) is 1. The van der Waals surface area contributed by atoms with Gasteiger partial charge in [0, 0.05) is 23.7 Å². The van der Waals surface area contributed by atoms with Crippen LogP contribution in [0.25, 0.3) is 11.0 Å². The highest BCUT2D eigenvalue weighted by Crippen LogP contribution is 2.43. The number of hydrogen-bond acceptors (Lipinski definition) is 5. The molecule has 1 aromatic carbocycles. The summed E-state index contributed by atoms with van der Waals surface area (Å²) in [5.74, 6) is 0.216. The van der Waals surface area contributed by atoms with Crippen molar-refractivity contribution in [3.05, 3.63) is 56.9 Å². The van der Waals surface area contributed by atoms with E-state index in [-0.39, 0.29) is 23.2 Å². The van der Waals surface area contributed by atoms with Crippen molar-refractivity contribution in [3.8, 4) is 0 Å². The number of fused-ring (bicyclic) bond motifs is 1. The molecule has 0 spiro atoms. The summed E-state index contributed by atoms with van der Waals surface area (Å²) in [7, 11) is 0. The summed E-state index contributed by atoms with van der Waals surface area (Å²) in [6.45, 7) is 1.89. The third kappa shape index (κ3) is 3.35. The fraction of sp³-hybridized carbons (Fsp3) is 0.278. The Bertz CT molecular complexity index is 1070. The topological polar surface area (TPSA) is 103 Å². The SMILES string of the molecule is Cc1nn(CC(=O)Nc2ccc([N+](=O)[O-])cc2Cl)c2nccc(C3CC3)c12.